The molecule has 1 heteroatoms. The minimum Gasteiger partial charge on any atom is -0.193 e. The van der Waals surface area contributed by atoms with Crippen molar-refractivity contribution in [1.29, 1.82) is 5.26 Å². The third kappa shape index (κ3) is 7.81. The van der Waals surface area contributed by atoms with E-state index in [2.05, 4.69) is 13.0 Å². The van der Waals surface area contributed by atoms with E-state index in [-0.39, 0.29) is 0 Å². The molecule has 0 aromatic heterocycles. The first kappa shape index (κ1) is 20.3. The second-order valence-electron chi connectivity index (χ2n) is 8.55. The first-order valence-corrected chi connectivity index (χ1v) is 11.0. The van der Waals surface area contributed by atoms with Crippen LogP contribution in [0.25, 0.3) is 0 Å². The molecule has 0 aromatic rings. The predicted octanol–water partition coefficient (Wildman–Crippen LogP) is 7.60. The molecule has 0 aliphatic heterocycles. The standard InChI is InChI=1S/C24H39N/c1-2-3-7-10-21-12-16-23(17-13-21)24-18-14-22(15-19-24)11-8-5-4-6-9-20-25/h4-6,9,21-24H,2-3,7-8,10-19H2,1H3. The van der Waals surface area contributed by atoms with Crippen LogP contribution in [0.4, 0.5) is 0 Å². The van der Waals surface area contributed by atoms with Crippen molar-refractivity contribution in [1.82, 2.24) is 0 Å². The fourth-order valence-electron chi connectivity index (χ4n) is 5.18. The number of hydrogen-bond acceptors (Lipinski definition) is 1. The summed E-state index contributed by atoms with van der Waals surface area (Å²) in [5, 5.41) is 8.45. The minimum absolute atomic E-state index is 0.950. The number of nitriles is 1. The molecule has 2 fully saturated rings. The Labute approximate surface area is 156 Å². The smallest absolute Gasteiger partial charge is 0.0912 e. The number of unbranched alkanes of at least 4 members (excludes halogenated alkanes) is 2. The Morgan fingerprint density at radius 2 is 1.40 bits per heavy atom. The Bertz CT molecular complexity index is 426. The van der Waals surface area contributed by atoms with E-state index in [0.717, 1.165) is 23.7 Å². The Kier molecular flexibility index (Phi) is 10.0. The van der Waals surface area contributed by atoms with Crippen molar-refractivity contribution < 1.29 is 0 Å². The fraction of sp³-hybridized carbons (Fsp3) is 0.792. The lowest BCUT2D eigenvalue weighted by atomic mass is 9.68. The maximum absolute atomic E-state index is 8.45. The zero-order chi connectivity index (χ0) is 17.7. The van der Waals surface area contributed by atoms with Gasteiger partial charge < -0.3 is 0 Å². The van der Waals surface area contributed by atoms with E-state index < -0.39 is 0 Å². The number of allylic oxidation sites excluding steroid dienone is 4. The summed E-state index contributed by atoms with van der Waals surface area (Å²) in [5.41, 5.74) is 0. The maximum atomic E-state index is 8.45. The summed E-state index contributed by atoms with van der Waals surface area (Å²) in [6, 6.07) is 2.03. The average molecular weight is 342 g/mol. The van der Waals surface area contributed by atoms with Crippen molar-refractivity contribution >= 4 is 0 Å². The van der Waals surface area contributed by atoms with Gasteiger partial charge in [0.1, 0.15) is 0 Å². The molecule has 0 amide bonds. The molecular weight excluding hydrogens is 302 g/mol. The molecule has 0 heterocycles. The van der Waals surface area contributed by atoms with E-state index in [1.807, 2.05) is 18.2 Å². The Balaban J connectivity index is 1.57. The second-order valence-corrected chi connectivity index (χ2v) is 8.55. The number of hydrogen-bond donors (Lipinski definition) is 0. The lowest BCUT2D eigenvalue weighted by Crippen LogP contribution is -2.25. The summed E-state index contributed by atoms with van der Waals surface area (Å²) in [6.07, 6.45) is 27.9. The van der Waals surface area contributed by atoms with Crippen LogP contribution in [-0.4, -0.2) is 0 Å². The normalized spacial score (nSPS) is 30.7. The molecule has 0 saturated heterocycles. The van der Waals surface area contributed by atoms with Crippen LogP contribution >= 0.6 is 0 Å². The van der Waals surface area contributed by atoms with Gasteiger partial charge in [-0.05, 0) is 62.2 Å². The molecule has 2 saturated carbocycles. The van der Waals surface area contributed by atoms with Crippen molar-refractivity contribution in [3.8, 4) is 6.07 Å². The maximum Gasteiger partial charge on any atom is 0.0912 e. The van der Waals surface area contributed by atoms with Gasteiger partial charge in [-0.25, -0.2) is 0 Å². The summed E-state index contributed by atoms with van der Waals surface area (Å²) >= 11 is 0. The highest BCUT2D eigenvalue weighted by molar-refractivity contribution is 5.11. The van der Waals surface area contributed by atoms with Gasteiger partial charge >= 0.3 is 0 Å². The van der Waals surface area contributed by atoms with Gasteiger partial charge in [-0.1, -0.05) is 76.5 Å². The zero-order valence-corrected chi connectivity index (χ0v) is 16.5. The van der Waals surface area contributed by atoms with Crippen molar-refractivity contribution in [2.24, 2.45) is 23.7 Å². The molecule has 25 heavy (non-hydrogen) atoms. The zero-order valence-electron chi connectivity index (χ0n) is 16.5. The SMILES string of the molecule is CCCCCC1CCC(C2CCC(CCC=CC=CC#N)CC2)CC1. The van der Waals surface area contributed by atoms with Crippen LogP contribution in [0.3, 0.4) is 0 Å². The highest BCUT2D eigenvalue weighted by atomic mass is 14.4. The Morgan fingerprint density at radius 1 is 0.800 bits per heavy atom. The minimum atomic E-state index is 0.950. The molecule has 0 radical (unpaired) electrons. The summed E-state index contributed by atoms with van der Waals surface area (Å²) in [5.74, 6) is 4.11. The predicted molar refractivity (Wildman–Crippen MR) is 108 cm³/mol. The molecule has 0 N–H and O–H groups in total. The molecule has 2 aliphatic carbocycles. The number of nitrogens with zero attached hydrogens (tertiary/aromatic N) is 1. The van der Waals surface area contributed by atoms with E-state index in [4.69, 9.17) is 5.26 Å². The summed E-state index contributed by atoms with van der Waals surface area (Å²) in [4.78, 5) is 0. The molecule has 0 aromatic carbocycles. The van der Waals surface area contributed by atoms with Crippen LogP contribution in [-0.2, 0) is 0 Å². The van der Waals surface area contributed by atoms with Crippen LogP contribution in [0.15, 0.2) is 24.3 Å². The van der Waals surface area contributed by atoms with E-state index in [9.17, 15) is 0 Å². The fourth-order valence-corrected chi connectivity index (χ4v) is 5.18. The first-order valence-electron chi connectivity index (χ1n) is 11.0. The monoisotopic (exact) mass is 341 g/mol. The van der Waals surface area contributed by atoms with E-state index in [1.165, 1.54) is 89.9 Å². The van der Waals surface area contributed by atoms with Crippen molar-refractivity contribution in [2.75, 3.05) is 0 Å². The summed E-state index contributed by atoms with van der Waals surface area (Å²) in [7, 11) is 0. The molecule has 0 bridgehead atoms. The molecule has 0 unspecified atom stereocenters. The van der Waals surface area contributed by atoms with Gasteiger partial charge in [0.2, 0.25) is 0 Å². The third-order valence-electron chi connectivity index (χ3n) is 6.82. The van der Waals surface area contributed by atoms with Gasteiger partial charge in [0.15, 0.2) is 0 Å². The lowest BCUT2D eigenvalue weighted by molar-refractivity contribution is 0.140. The third-order valence-corrected chi connectivity index (χ3v) is 6.82. The van der Waals surface area contributed by atoms with Crippen LogP contribution in [0.2, 0.25) is 0 Å². The van der Waals surface area contributed by atoms with Gasteiger partial charge in [0, 0.05) is 6.08 Å². The van der Waals surface area contributed by atoms with Crippen molar-refractivity contribution in [3.63, 3.8) is 0 Å². The van der Waals surface area contributed by atoms with E-state index in [0.29, 0.717) is 0 Å². The average Bonchev–Trinajstić information content (AvgIpc) is 2.66. The lowest BCUT2D eigenvalue weighted by Gasteiger charge is -2.38. The van der Waals surface area contributed by atoms with Gasteiger partial charge in [-0.15, -0.1) is 0 Å². The molecule has 0 spiro atoms. The largest absolute Gasteiger partial charge is 0.193 e. The van der Waals surface area contributed by atoms with Crippen LogP contribution in [0, 0.1) is 35.0 Å². The van der Waals surface area contributed by atoms with Crippen LogP contribution in [0.5, 0.6) is 0 Å². The molecule has 2 aliphatic rings. The van der Waals surface area contributed by atoms with Crippen molar-refractivity contribution in [3.05, 3.63) is 24.3 Å². The topological polar surface area (TPSA) is 23.8 Å². The highest BCUT2D eigenvalue weighted by Crippen LogP contribution is 2.43. The molecular formula is C24H39N. The first-order chi connectivity index (χ1) is 12.3. The van der Waals surface area contributed by atoms with Gasteiger partial charge in [0.05, 0.1) is 6.07 Å². The Morgan fingerprint density at radius 3 is 1.96 bits per heavy atom. The quantitative estimate of drug-likeness (QED) is 0.241. The molecule has 140 valence electrons. The second kappa shape index (κ2) is 12.3. The Hall–Kier alpha value is -1.03. The summed E-state index contributed by atoms with van der Waals surface area (Å²) in [6.45, 7) is 2.31. The molecule has 1 nitrogen and oxygen atoms in total. The van der Waals surface area contributed by atoms with Crippen LogP contribution < -0.4 is 0 Å². The van der Waals surface area contributed by atoms with Gasteiger partial charge in [-0.3, -0.25) is 0 Å². The number of rotatable bonds is 9. The van der Waals surface area contributed by atoms with E-state index in [1.54, 1.807) is 6.08 Å². The molecule has 0 atom stereocenters. The van der Waals surface area contributed by atoms with E-state index >= 15 is 0 Å². The molecule has 2 rings (SSSR count). The van der Waals surface area contributed by atoms with Gasteiger partial charge in [-0.2, -0.15) is 5.26 Å². The van der Waals surface area contributed by atoms with Crippen LogP contribution in [0.1, 0.15) is 96.8 Å². The van der Waals surface area contributed by atoms with Gasteiger partial charge in [0.25, 0.3) is 0 Å². The van der Waals surface area contributed by atoms with Crippen molar-refractivity contribution in [2.45, 2.75) is 96.8 Å². The highest BCUT2D eigenvalue weighted by Gasteiger charge is 2.30. The summed E-state index contributed by atoms with van der Waals surface area (Å²) < 4.78 is 0.